The Kier molecular flexibility index (Phi) is 5.09. The third kappa shape index (κ3) is 3.86. The second-order valence-corrected chi connectivity index (χ2v) is 3.77. The minimum Gasteiger partial charge on any atom is -0.207 e. The van der Waals surface area contributed by atoms with Gasteiger partial charge < -0.3 is 0 Å². The average molecular weight is 206 g/mol. The van der Waals surface area contributed by atoms with Gasteiger partial charge in [-0.2, -0.15) is 0 Å². The van der Waals surface area contributed by atoms with Crippen LogP contribution in [0, 0.1) is 5.82 Å². The van der Waals surface area contributed by atoms with Gasteiger partial charge in [0.2, 0.25) is 0 Å². The summed E-state index contributed by atoms with van der Waals surface area (Å²) < 4.78 is 12.7. The van der Waals surface area contributed by atoms with E-state index in [4.69, 9.17) is 0 Å². The molecule has 15 heavy (non-hydrogen) atoms. The van der Waals surface area contributed by atoms with Crippen molar-refractivity contribution in [3.63, 3.8) is 0 Å². The van der Waals surface area contributed by atoms with E-state index in [9.17, 15) is 4.39 Å². The SMILES string of the molecule is CC/C=C\CC(CC)c1ccc(F)cc1. The van der Waals surface area contributed by atoms with Crippen molar-refractivity contribution in [3.8, 4) is 0 Å². The number of benzene rings is 1. The second kappa shape index (κ2) is 6.39. The molecule has 1 aromatic carbocycles. The third-order valence-electron chi connectivity index (χ3n) is 2.66. The Balaban J connectivity index is 2.65. The zero-order chi connectivity index (χ0) is 11.1. The lowest BCUT2D eigenvalue weighted by Gasteiger charge is -2.12. The maximum atomic E-state index is 12.7. The monoisotopic (exact) mass is 206 g/mol. The van der Waals surface area contributed by atoms with E-state index in [0.29, 0.717) is 5.92 Å². The number of halogens is 1. The van der Waals surface area contributed by atoms with E-state index in [1.54, 1.807) is 12.1 Å². The van der Waals surface area contributed by atoms with E-state index in [2.05, 4.69) is 26.0 Å². The van der Waals surface area contributed by atoms with Crippen molar-refractivity contribution in [2.45, 2.75) is 39.0 Å². The van der Waals surface area contributed by atoms with Gasteiger partial charge in [-0.25, -0.2) is 4.39 Å². The number of allylic oxidation sites excluding steroid dienone is 2. The predicted molar refractivity (Wildman–Crippen MR) is 63.5 cm³/mol. The molecule has 0 nitrogen and oxygen atoms in total. The van der Waals surface area contributed by atoms with Gasteiger partial charge in [-0.1, -0.05) is 38.1 Å². The Morgan fingerprint density at radius 3 is 2.33 bits per heavy atom. The lowest BCUT2D eigenvalue weighted by Crippen LogP contribution is -1.95. The molecule has 0 amide bonds. The van der Waals surface area contributed by atoms with Gasteiger partial charge in [0.15, 0.2) is 0 Å². The summed E-state index contributed by atoms with van der Waals surface area (Å²) in [6.45, 7) is 4.31. The summed E-state index contributed by atoms with van der Waals surface area (Å²) in [5, 5.41) is 0. The van der Waals surface area contributed by atoms with E-state index >= 15 is 0 Å². The van der Waals surface area contributed by atoms with Crippen molar-refractivity contribution >= 4 is 0 Å². The fourth-order valence-corrected chi connectivity index (χ4v) is 1.70. The van der Waals surface area contributed by atoms with Crippen molar-refractivity contribution in [2.24, 2.45) is 0 Å². The molecule has 0 radical (unpaired) electrons. The first kappa shape index (κ1) is 12.0. The molecular formula is C14H19F. The highest BCUT2D eigenvalue weighted by Crippen LogP contribution is 2.23. The van der Waals surface area contributed by atoms with Crippen LogP contribution in [0.5, 0.6) is 0 Å². The molecule has 0 bridgehead atoms. The standard InChI is InChI=1S/C14H19F/c1-3-5-6-7-12(4-2)13-8-10-14(15)11-9-13/h5-6,8-12H,3-4,7H2,1-2H3/b6-5-. The number of hydrogen-bond donors (Lipinski definition) is 0. The summed E-state index contributed by atoms with van der Waals surface area (Å²) >= 11 is 0. The zero-order valence-electron chi connectivity index (χ0n) is 9.54. The van der Waals surface area contributed by atoms with Crippen LogP contribution in [0.4, 0.5) is 4.39 Å². The summed E-state index contributed by atoms with van der Waals surface area (Å²) in [5.74, 6) is 0.367. The molecule has 0 N–H and O–H groups in total. The van der Waals surface area contributed by atoms with Crippen LogP contribution in [-0.4, -0.2) is 0 Å². The topological polar surface area (TPSA) is 0 Å². The van der Waals surface area contributed by atoms with Crippen LogP contribution in [0.2, 0.25) is 0 Å². The quantitative estimate of drug-likeness (QED) is 0.614. The zero-order valence-corrected chi connectivity index (χ0v) is 9.54. The van der Waals surface area contributed by atoms with Gasteiger partial charge in [0.25, 0.3) is 0 Å². The summed E-state index contributed by atoms with van der Waals surface area (Å²) in [6.07, 6.45) is 7.64. The van der Waals surface area contributed by atoms with E-state index in [1.807, 2.05) is 12.1 Å². The minimum absolute atomic E-state index is 0.155. The van der Waals surface area contributed by atoms with Gasteiger partial charge in [0.05, 0.1) is 0 Å². The molecule has 0 aliphatic heterocycles. The molecule has 0 aliphatic rings. The number of rotatable bonds is 5. The molecule has 0 saturated carbocycles. The molecule has 1 heteroatoms. The first-order valence-corrected chi connectivity index (χ1v) is 5.68. The average Bonchev–Trinajstić information content (AvgIpc) is 2.26. The molecule has 1 unspecified atom stereocenters. The second-order valence-electron chi connectivity index (χ2n) is 3.77. The van der Waals surface area contributed by atoms with E-state index in [-0.39, 0.29) is 5.82 Å². The number of hydrogen-bond acceptors (Lipinski definition) is 0. The van der Waals surface area contributed by atoms with Crippen molar-refractivity contribution in [3.05, 3.63) is 47.8 Å². The highest BCUT2D eigenvalue weighted by Gasteiger charge is 2.06. The molecule has 1 atom stereocenters. The molecule has 1 aromatic rings. The first-order valence-electron chi connectivity index (χ1n) is 5.68. The van der Waals surface area contributed by atoms with Crippen LogP contribution < -0.4 is 0 Å². The van der Waals surface area contributed by atoms with Crippen molar-refractivity contribution in [1.82, 2.24) is 0 Å². The third-order valence-corrected chi connectivity index (χ3v) is 2.66. The van der Waals surface area contributed by atoms with Crippen LogP contribution in [-0.2, 0) is 0 Å². The summed E-state index contributed by atoms with van der Waals surface area (Å²) in [7, 11) is 0. The van der Waals surface area contributed by atoms with Crippen LogP contribution in [0.3, 0.4) is 0 Å². The molecule has 0 aliphatic carbocycles. The van der Waals surface area contributed by atoms with E-state index < -0.39 is 0 Å². The Hall–Kier alpha value is -1.11. The van der Waals surface area contributed by atoms with Crippen molar-refractivity contribution in [1.29, 1.82) is 0 Å². The fraction of sp³-hybridized carbons (Fsp3) is 0.429. The largest absolute Gasteiger partial charge is 0.207 e. The molecule has 0 heterocycles. The molecular weight excluding hydrogens is 187 g/mol. The van der Waals surface area contributed by atoms with Gasteiger partial charge in [0, 0.05) is 0 Å². The van der Waals surface area contributed by atoms with Crippen molar-refractivity contribution in [2.75, 3.05) is 0 Å². The molecule has 1 rings (SSSR count). The molecule has 0 fully saturated rings. The highest BCUT2D eigenvalue weighted by atomic mass is 19.1. The van der Waals surface area contributed by atoms with Crippen LogP contribution in [0.15, 0.2) is 36.4 Å². The Bertz CT molecular complexity index is 298. The minimum atomic E-state index is -0.155. The predicted octanol–water partition coefficient (Wildman–Crippen LogP) is 4.68. The molecule has 0 saturated heterocycles. The molecule has 0 aromatic heterocycles. The van der Waals surface area contributed by atoms with Gasteiger partial charge in [0.1, 0.15) is 5.82 Å². The molecule has 0 spiro atoms. The lowest BCUT2D eigenvalue weighted by molar-refractivity contribution is 0.622. The summed E-state index contributed by atoms with van der Waals surface area (Å²) in [4.78, 5) is 0. The van der Waals surface area contributed by atoms with Crippen LogP contribution in [0.1, 0.15) is 44.6 Å². The first-order chi connectivity index (χ1) is 7.27. The van der Waals surface area contributed by atoms with E-state index in [0.717, 1.165) is 19.3 Å². The van der Waals surface area contributed by atoms with Gasteiger partial charge in [-0.05, 0) is 42.9 Å². The van der Waals surface area contributed by atoms with Gasteiger partial charge in [-0.3, -0.25) is 0 Å². The maximum Gasteiger partial charge on any atom is 0.123 e. The highest BCUT2D eigenvalue weighted by molar-refractivity contribution is 5.21. The van der Waals surface area contributed by atoms with Crippen molar-refractivity contribution < 1.29 is 4.39 Å². The van der Waals surface area contributed by atoms with Gasteiger partial charge in [-0.15, -0.1) is 0 Å². The van der Waals surface area contributed by atoms with E-state index in [1.165, 1.54) is 5.56 Å². The normalized spacial score (nSPS) is 13.3. The Labute approximate surface area is 91.8 Å². The smallest absolute Gasteiger partial charge is 0.123 e. The Morgan fingerprint density at radius 1 is 1.13 bits per heavy atom. The summed E-state index contributed by atoms with van der Waals surface area (Å²) in [6, 6.07) is 6.87. The van der Waals surface area contributed by atoms with Gasteiger partial charge >= 0.3 is 0 Å². The summed E-state index contributed by atoms with van der Waals surface area (Å²) in [5.41, 5.74) is 1.24. The Morgan fingerprint density at radius 2 is 1.80 bits per heavy atom. The van der Waals surface area contributed by atoms with Crippen LogP contribution in [0.25, 0.3) is 0 Å². The fourth-order valence-electron chi connectivity index (χ4n) is 1.70. The molecule has 82 valence electrons. The lowest BCUT2D eigenvalue weighted by atomic mass is 9.93. The maximum absolute atomic E-state index is 12.7. The van der Waals surface area contributed by atoms with Crippen LogP contribution >= 0.6 is 0 Å².